The minimum atomic E-state index is 0.845. The monoisotopic (exact) mass is 184 g/mol. The maximum Gasteiger partial charge on any atom is -0.0389 e. The average Bonchev–Trinajstić information content (AvgIpc) is 2.03. The first-order chi connectivity index (χ1) is 5.99. The summed E-state index contributed by atoms with van der Waals surface area (Å²) in [5, 5.41) is 0. The average molecular weight is 184 g/mol. The van der Waals surface area contributed by atoms with Gasteiger partial charge in [-0.3, -0.25) is 0 Å². The molecule has 0 aromatic rings. The summed E-state index contributed by atoms with van der Waals surface area (Å²) in [6.07, 6.45) is 4.17. The third kappa shape index (κ3) is 5.33. The number of rotatable bonds is 6. The van der Waals surface area contributed by atoms with E-state index in [0.29, 0.717) is 0 Å². The molecule has 0 bridgehead atoms. The summed E-state index contributed by atoms with van der Waals surface area (Å²) in [5.74, 6) is 3.54. The Labute approximate surface area is 85.1 Å². The van der Waals surface area contributed by atoms with Crippen molar-refractivity contribution in [3.63, 3.8) is 0 Å². The highest BCUT2D eigenvalue weighted by atomic mass is 14.2. The van der Waals surface area contributed by atoms with Gasteiger partial charge in [-0.1, -0.05) is 54.4 Å². The molecule has 0 spiro atoms. The fraction of sp³-hybridized carbons (Fsp3) is 1.00. The van der Waals surface area contributed by atoms with Crippen molar-refractivity contribution in [2.75, 3.05) is 0 Å². The van der Waals surface area contributed by atoms with Crippen molar-refractivity contribution in [2.24, 2.45) is 23.7 Å². The van der Waals surface area contributed by atoms with Crippen LogP contribution in [0.1, 0.15) is 60.8 Å². The topological polar surface area (TPSA) is 0 Å². The predicted octanol–water partition coefficient (Wildman–Crippen LogP) is 4.74. The lowest BCUT2D eigenvalue weighted by Gasteiger charge is -2.25. The van der Waals surface area contributed by atoms with Crippen molar-refractivity contribution in [3.05, 3.63) is 0 Å². The van der Waals surface area contributed by atoms with Crippen LogP contribution in [0.15, 0.2) is 0 Å². The van der Waals surface area contributed by atoms with Crippen LogP contribution in [0.2, 0.25) is 0 Å². The van der Waals surface area contributed by atoms with E-state index in [0.717, 1.165) is 23.7 Å². The van der Waals surface area contributed by atoms with Gasteiger partial charge in [0.2, 0.25) is 0 Å². The van der Waals surface area contributed by atoms with E-state index in [2.05, 4.69) is 41.5 Å². The summed E-state index contributed by atoms with van der Waals surface area (Å²) in [7, 11) is 0. The summed E-state index contributed by atoms with van der Waals surface area (Å²) in [5.41, 5.74) is 0. The Morgan fingerprint density at radius 1 is 0.846 bits per heavy atom. The minimum Gasteiger partial charge on any atom is -0.0654 e. The molecule has 0 aromatic heterocycles. The highest BCUT2D eigenvalue weighted by molar-refractivity contribution is 4.68. The quantitative estimate of drug-likeness (QED) is 0.559. The largest absolute Gasteiger partial charge is 0.0654 e. The maximum atomic E-state index is 2.40. The Balaban J connectivity index is 3.94. The lowest BCUT2D eigenvalue weighted by atomic mass is 9.80. The number of hydrogen-bond donors (Lipinski definition) is 0. The van der Waals surface area contributed by atoms with Gasteiger partial charge in [0.25, 0.3) is 0 Å². The van der Waals surface area contributed by atoms with Crippen molar-refractivity contribution < 1.29 is 0 Å². The van der Waals surface area contributed by atoms with Gasteiger partial charge in [-0.25, -0.2) is 0 Å². The van der Waals surface area contributed by atoms with Crippen LogP contribution in [0.25, 0.3) is 0 Å². The van der Waals surface area contributed by atoms with E-state index in [1.165, 1.54) is 19.3 Å². The standard InChI is InChI=1S/C13H28/c1-7-8-13(11(4)5)9-12(6)10(2)3/h10-13H,7-9H2,1-6H3/t12-,13?/m1/s1. The molecule has 0 nitrogen and oxygen atoms in total. The van der Waals surface area contributed by atoms with E-state index in [1.54, 1.807) is 0 Å². The van der Waals surface area contributed by atoms with Crippen molar-refractivity contribution in [2.45, 2.75) is 60.8 Å². The molecule has 0 heteroatoms. The molecule has 80 valence electrons. The van der Waals surface area contributed by atoms with E-state index >= 15 is 0 Å². The summed E-state index contributed by atoms with van der Waals surface area (Å²) < 4.78 is 0. The molecule has 0 aromatic carbocycles. The zero-order chi connectivity index (χ0) is 10.4. The molecule has 0 N–H and O–H groups in total. The lowest BCUT2D eigenvalue weighted by Crippen LogP contribution is -2.15. The SMILES string of the molecule is CCCC(C[C@@H](C)C(C)C)C(C)C. The Kier molecular flexibility index (Phi) is 6.45. The van der Waals surface area contributed by atoms with Crippen molar-refractivity contribution in [3.8, 4) is 0 Å². The van der Waals surface area contributed by atoms with E-state index in [-0.39, 0.29) is 0 Å². The zero-order valence-electron chi connectivity index (χ0n) is 10.4. The van der Waals surface area contributed by atoms with E-state index in [1.807, 2.05) is 0 Å². The minimum absolute atomic E-state index is 0.845. The fourth-order valence-corrected chi connectivity index (χ4v) is 1.84. The lowest BCUT2D eigenvalue weighted by molar-refractivity contribution is 0.252. The first kappa shape index (κ1) is 13.0. The highest BCUT2D eigenvalue weighted by Crippen LogP contribution is 2.28. The van der Waals surface area contributed by atoms with Crippen LogP contribution < -0.4 is 0 Å². The zero-order valence-corrected chi connectivity index (χ0v) is 10.4. The van der Waals surface area contributed by atoms with Crippen molar-refractivity contribution >= 4 is 0 Å². The van der Waals surface area contributed by atoms with E-state index in [4.69, 9.17) is 0 Å². The summed E-state index contributed by atoms with van der Waals surface area (Å²) in [4.78, 5) is 0. The molecule has 0 rings (SSSR count). The molecule has 0 heterocycles. The van der Waals surface area contributed by atoms with Crippen LogP contribution in [-0.4, -0.2) is 0 Å². The van der Waals surface area contributed by atoms with Crippen LogP contribution in [-0.2, 0) is 0 Å². The third-order valence-corrected chi connectivity index (χ3v) is 3.41. The summed E-state index contributed by atoms with van der Waals surface area (Å²) >= 11 is 0. The Bertz CT molecular complexity index is 113. The molecule has 0 aliphatic rings. The maximum absolute atomic E-state index is 2.40. The molecule has 0 saturated carbocycles. The van der Waals surface area contributed by atoms with Gasteiger partial charge in [-0.2, -0.15) is 0 Å². The van der Waals surface area contributed by atoms with Crippen LogP contribution in [0, 0.1) is 23.7 Å². The van der Waals surface area contributed by atoms with Gasteiger partial charge in [0.15, 0.2) is 0 Å². The molecule has 0 amide bonds. The molecule has 0 radical (unpaired) electrons. The van der Waals surface area contributed by atoms with Gasteiger partial charge in [0.05, 0.1) is 0 Å². The molecule has 0 aliphatic carbocycles. The second kappa shape index (κ2) is 6.45. The fourth-order valence-electron chi connectivity index (χ4n) is 1.84. The van der Waals surface area contributed by atoms with Gasteiger partial charge in [0.1, 0.15) is 0 Å². The Hall–Kier alpha value is 0. The molecule has 0 saturated heterocycles. The van der Waals surface area contributed by atoms with Crippen LogP contribution in [0.5, 0.6) is 0 Å². The van der Waals surface area contributed by atoms with Crippen molar-refractivity contribution in [1.82, 2.24) is 0 Å². The Morgan fingerprint density at radius 2 is 1.38 bits per heavy atom. The first-order valence-electron chi connectivity index (χ1n) is 5.99. The molecular weight excluding hydrogens is 156 g/mol. The van der Waals surface area contributed by atoms with E-state index in [9.17, 15) is 0 Å². The van der Waals surface area contributed by atoms with Crippen molar-refractivity contribution in [1.29, 1.82) is 0 Å². The highest BCUT2D eigenvalue weighted by Gasteiger charge is 2.17. The second-order valence-corrected chi connectivity index (χ2v) is 5.25. The molecule has 2 atom stereocenters. The number of hydrogen-bond acceptors (Lipinski definition) is 0. The molecule has 13 heavy (non-hydrogen) atoms. The summed E-state index contributed by atoms with van der Waals surface area (Å²) in [6, 6.07) is 0. The Morgan fingerprint density at radius 3 is 1.69 bits per heavy atom. The van der Waals surface area contributed by atoms with Gasteiger partial charge in [0, 0.05) is 0 Å². The molecule has 0 fully saturated rings. The van der Waals surface area contributed by atoms with Gasteiger partial charge in [-0.15, -0.1) is 0 Å². The normalized spacial score (nSPS) is 16.6. The second-order valence-electron chi connectivity index (χ2n) is 5.25. The van der Waals surface area contributed by atoms with Gasteiger partial charge < -0.3 is 0 Å². The first-order valence-corrected chi connectivity index (χ1v) is 5.99. The third-order valence-electron chi connectivity index (χ3n) is 3.41. The van der Waals surface area contributed by atoms with Gasteiger partial charge >= 0.3 is 0 Å². The van der Waals surface area contributed by atoms with Gasteiger partial charge in [-0.05, 0) is 30.1 Å². The molecule has 1 unspecified atom stereocenters. The van der Waals surface area contributed by atoms with Crippen LogP contribution >= 0.6 is 0 Å². The van der Waals surface area contributed by atoms with E-state index < -0.39 is 0 Å². The molecular formula is C13H28. The van der Waals surface area contributed by atoms with Crippen LogP contribution in [0.4, 0.5) is 0 Å². The van der Waals surface area contributed by atoms with Crippen LogP contribution in [0.3, 0.4) is 0 Å². The summed E-state index contributed by atoms with van der Waals surface area (Å²) in [6.45, 7) is 14.1. The smallest absolute Gasteiger partial charge is 0.0389 e. The predicted molar refractivity (Wildman–Crippen MR) is 61.9 cm³/mol. The molecule has 0 aliphatic heterocycles.